The van der Waals surface area contributed by atoms with Crippen molar-refractivity contribution in [3.05, 3.63) is 82.2 Å². The lowest BCUT2D eigenvalue weighted by molar-refractivity contribution is -0.159. The fraction of sp³-hybridized carbons (Fsp3) is 0.400. The number of hydrogen-bond donors (Lipinski definition) is 0. The third kappa shape index (κ3) is 6.19. The summed E-state index contributed by atoms with van der Waals surface area (Å²) < 4.78 is 18.1. The molecule has 0 amide bonds. The number of benzene rings is 2. The van der Waals surface area contributed by atoms with Gasteiger partial charge >= 0.3 is 0 Å². The van der Waals surface area contributed by atoms with Crippen LogP contribution < -0.4 is 0 Å². The molecule has 6 nitrogen and oxygen atoms in total. The predicted octanol–water partition coefficient (Wildman–Crippen LogP) is 5.02. The molecule has 2 aromatic carbocycles. The van der Waals surface area contributed by atoms with Gasteiger partial charge in [0, 0.05) is 8.84 Å². The molecule has 2 aromatic rings. The van der Waals surface area contributed by atoms with Gasteiger partial charge in [0.1, 0.15) is 12.3 Å². The molecule has 0 unspecified atom stereocenters. The van der Waals surface area contributed by atoms with Gasteiger partial charge in [-0.05, 0) is 23.1 Å². The first-order chi connectivity index (χ1) is 13.3. The Balaban J connectivity index is 1.60. The third-order valence-electron chi connectivity index (χ3n) is 4.36. The second-order valence-corrected chi connectivity index (χ2v) is 7.96. The molecule has 0 aromatic heterocycles. The van der Waals surface area contributed by atoms with Gasteiger partial charge < -0.3 is 14.2 Å². The summed E-state index contributed by atoms with van der Waals surface area (Å²) in [7, 11) is 0. The molecule has 0 spiro atoms. The molecular weight excluding hydrogens is 457 g/mol. The summed E-state index contributed by atoms with van der Waals surface area (Å²) in [5.74, 6) is 0. The second-order valence-electron chi connectivity index (χ2n) is 6.36. The normalized spacial score (nSPS) is 24.9. The van der Waals surface area contributed by atoms with E-state index in [0.717, 1.165) is 17.5 Å². The van der Waals surface area contributed by atoms with Crippen LogP contribution in [0.15, 0.2) is 65.8 Å². The fourth-order valence-electron chi connectivity index (χ4n) is 2.96. The maximum absolute atomic E-state index is 8.78. The lowest BCUT2D eigenvalue weighted by Crippen LogP contribution is -2.47. The van der Waals surface area contributed by atoms with Gasteiger partial charge in [-0.2, -0.15) is 0 Å². The topological polar surface area (TPSA) is 76.5 Å². The zero-order valence-electron chi connectivity index (χ0n) is 14.9. The Kier molecular flexibility index (Phi) is 7.92. The summed E-state index contributed by atoms with van der Waals surface area (Å²) in [5, 5.41) is 3.77. The first kappa shape index (κ1) is 20.1. The van der Waals surface area contributed by atoms with E-state index in [1.165, 1.54) is 0 Å². The molecule has 1 fully saturated rings. The van der Waals surface area contributed by atoms with E-state index in [9.17, 15) is 0 Å². The summed E-state index contributed by atoms with van der Waals surface area (Å²) in [6.45, 7) is 1.40. The van der Waals surface area contributed by atoms with E-state index in [1.54, 1.807) is 0 Å². The van der Waals surface area contributed by atoms with Crippen molar-refractivity contribution in [3.8, 4) is 0 Å². The predicted molar refractivity (Wildman–Crippen MR) is 111 cm³/mol. The van der Waals surface area contributed by atoms with E-state index in [2.05, 4.69) is 32.6 Å². The fourth-order valence-corrected chi connectivity index (χ4v) is 3.77. The van der Waals surface area contributed by atoms with E-state index in [4.69, 9.17) is 19.7 Å². The van der Waals surface area contributed by atoms with E-state index < -0.39 is 6.23 Å². The molecular formula is C20H22IN3O3. The average molecular weight is 479 g/mol. The molecule has 0 aliphatic carbocycles. The van der Waals surface area contributed by atoms with E-state index in [0.29, 0.717) is 19.8 Å². The molecule has 1 heterocycles. The van der Waals surface area contributed by atoms with Crippen LogP contribution in [0.25, 0.3) is 10.4 Å². The van der Waals surface area contributed by atoms with Crippen molar-refractivity contribution in [1.29, 1.82) is 0 Å². The van der Waals surface area contributed by atoms with E-state index in [-0.39, 0.29) is 16.1 Å². The zero-order chi connectivity index (χ0) is 18.9. The minimum absolute atomic E-state index is 0.0599. The summed E-state index contributed by atoms with van der Waals surface area (Å²) in [5.41, 5.74) is 11.0. The van der Waals surface area contributed by atoms with Crippen molar-refractivity contribution >= 4 is 22.6 Å². The second kappa shape index (κ2) is 10.6. The van der Waals surface area contributed by atoms with Gasteiger partial charge in [0.15, 0.2) is 0 Å². The molecule has 1 aliphatic rings. The molecule has 4 atom stereocenters. The lowest BCUT2D eigenvalue weighted by Gasteiger charge is -2.37. The number of nitrogens with zero attached hydrogens (tertiary/aromatic N) is 3. The van der Waals surface area contributed by atoms with Crippen LogP contribution in [0, 0.1) is 0 Å². The highest BCUT2D eigenvalue weighted by Crippen LogP contribution is 2.30. The summed E-state index contributed by atoms with van der Waals surface area (Å²) in [6.07, 6.45) is -0.152. The van der Waals surface area contributed by atoms with Crippen LogP contribution in [-0.4, -0.2) is 29.0 Å². The molecule has 1 aliphatic heterocycles. The molecule has 142 valence electrons. The SMILES string of the molecule is [N-]=[N+]=N[C@H]1O[C@H](COCc2ccccc2)[C@@H](OCc2ccccc2)C[C@@H]1I. The number of azide groups is 1. The maximum Gasteiger partial charge on any atom is 0.148 e. The minimum atomic E-state index is -0.502. The summed E-state index contributed by atoms with van der Waals surface area (Å²) in [6, 6.07) is 20.0. The van der Waals surface area contributed by atoms with Crippen molar-refractivity contribution in [2.45, 2.75) is 42.0 Å². The first-order valence-electron chi connectivity index (χ1n) is 8.87. The van der Waals surface area contributed by atoms with Gasteiger partial charge in [-0.25, -0.2) is 0 Å². The van der Waals surface area contributed by atoms with Crippen LogP contribution in [-0.2, 0) is 27.4 Å². The summed E-state index contributed by atoms with van der Waals surface area (Å²) >= 11 is 2.26. The molecule has 0 radical (unpaired) electrons. The summed E-state index contributed by atoms with van der Waals surface area (Å²) in [4.78, 5) is 2.90. The standard InChI is InChI=1S/C20H22IN3O3/c21-17-11-18(26-13-16-9-5-2-6-10-16)19(27-20(17)23-24-22)14-25-12-15-7-3-1-4-8-15/h1-10,17-20H,11-14H2/t17-,18-,19+,20-/m0/s1. The van der Waals surface area contributed by atoms with Crippen LogP contribution in [0.1, 0.15) is 17.5 Å². The van der Waals surface area contributed by atoms with Crippen molar-refractivity contribution in [1.82, 2.24) is 0 Å². The van der Waals surface area contributed by atoms with Crippen LogP contribution in [0.5, 0.6) is 0 Å². The largest absolute Gasteiger partial charge is 0.374 e. The van der Waals surface area contributed by atoms with Gasteiger partial charge in [0.25, 0.3) is 0 Å². The smallest absolute Gasteiger partial charge is 0.148 e. The van der Waals surface area contributed by atoms with Gasteiger partial charge in [-0.15, -0.1) is 0 Å². The van der Waals surface area contributed by atoms with Gasteiger partial charge in [-0.1, -0.05) is 88.4 Å². The van der Waals surface area contributed by atoms with Crippen LogP contribution >= 0.6 is 22.6 Å². The Bertz CT molecular complexity index is 741. The first-order valence-corrected chi connectivity index (χ1v) is 10.1. The van der Waals surface area contributed by atoms with Crippen LogP contribution in [0.2, 0.25) is 0 Å². The minimum Gasteiger partial charge on any atom is -0.374 e. The van der Waals surface area contributed by atoms with Crippen molar-refractivity contribution in [2.24, 2.45) is 5.11 Å². The number of hydrogen-bond acceptors (Lipinski definition) is 4. The van der Waals surface area contributed by atoms with E-state index >= 15 is 0 Å². The molecule has 7 heteroatoms. The monoisotopic (exact) mass is 479 g/mol. The quantitative estimate of drug-likeness (QED) is 0.176. The highest BCUT2D eigenvalue weighted by molar-refractivity contribution is 14.1. The average Bonchev–Trinajstić information content (AvgIpc) is 2.71. The van der Waals surface area contributed by atoms with Crippen molar-refractivity contribution in [3.63, 3.8) is 0 Å². The number of ether oxygens (including phenoxy) is 3. The lowest BCUT2D eigenvalue weighted by atomic mass is 10.0. The Labute approximate surface area is 172 Å². The molecule has 0 bridgehead atoms. The molecule has 27 heavy (non-hydrogen) atoms. The van der Waals surface area contributed by atoms with Crippen molar-refractivity contribution < 1.29 is 14.2 Å². The Morgan fingerprint density at radius 1 is 1.04 bits per heavy atom. The molecule has 0 saturated carbocycles. The molecule has 1 saturated heterocycles. The van der Waals surface area contributed by atoms with Gasteiger partial charge in [0.2, 0.25) is 0 Å². The number of rotatable bonds is 8. The van der Waals surface area contributed by atoms with Crippen LogP contribution in [0.4, 0.5) is 0 Å². The van der Waals surface area contributed by atoms with Gasteiger partial charge in [-0.3, -0.25) is 0 Å². The van der Waals surface area contributed by atoms with E-state index in [1.807, 2.05) is 60.7 Å². The molecule has 0 N–H and O–H groups in total. The Morgan fingerprint density at radius 2 is 1.67 bits per heavy atom. The number of halogens is 1. The van der Waals surface area contributed by atoms with Crippen LogP contribution in [0.3, 0.4) is 0 Å². The number of alkyl halides is 1. The Morgan fingerprint density at radius 3 is 2.30 bits per heavy atom. The Hall–Kier alpha value is -1.64. The highest BCUT2D eigenvalue weighted by atomic mass is 127. The highest BCUT2D eigenvalue weighted by Gasteiger charge is 2.37. The van der Waals surface area contributed by atoms with Gasteiger partial charge in [0.05, 0.1) is 25.9 Å². The maximum atomic E-state index is 8.78. The zero-order valence-corrected chi connectivity index (χ0v) is 17.0. The van der Waals surface area contributed by atoms with Crippen molar-refractivity contribution in [2.75, 3.05) is 6.61 Å². The third-order valence-corrected chi connectivity index (χ3v) is 5.49. The molecule has 3 rings (SSSR count).